The van der Waals surface area contributed by atoms with Crippen molar-refractivity contribution in [3.8, 4) is 0 Å². The second-order valence-electron chi connectivity index (χ2n) is 4.04. The molecule has 0 saturated carbocycles. The van der Waals surface area contributed by atoms with Crippen LogP contribution >= 0.6 is 35.0 Å². The minimum atomic E-state index is -0.146. The van der Waals surface area contributed by atoms with E-state index < -0.39 is 0 Å². The Hall–Kier alpha value is -1.16. The van der Waals surface area contributed by atoms with Crippen LogP contribution in [0.2, 0.25) is 10.0 Å². The number of amides is 1. The molecule has 2 nitrogen and oxygen atoms in total. The first-order valence-corrected chi connectivity index (χ1v) is 7.82. The summed E-state index contributed by atoms with van der Waals surface area (Å²) in [6, 6.07) is 14.6. The molecule has 104 valence electrons. The topological polar surface area (TPSA) is 29.1 Å². The monoisotopic (exact) mass is 325 g/mol. The fraction of sp³-hybridized carbons (Fsp3) is 0.133. The lowest BCUT2D eigenvalue weighted by atomic mass is 10.2. The zero-order valence-corrected chi connectivity index (χ0v) is 12.9. The van der Waals surface area contributed by atoms with E-state index in [2.05, 4.69) is 5.32 Å². The summed E-state index contributed by atoms with van der Waals surface area (Å²) in [5.74, 6) is 0.643. The Balaban J connectivity index is 1.77. The van der Waals surface area contributed by atoms with Gasteiger partial charge in [0.05, 0.1) is 10.6 Å². The first-order chi connectivity index (χ1) is 9.66. The fourth-order valence-electron chi connectivity index (χ4n) is 1.60. The van der Waals surface area contributed by atoms with Gasteiger partial charge in [0, 0.05) is 22.2 Å². The molecule has 0 heterocycles. The van der Waals surface area contributed by atoms with Gasteiger partial charge in [-0.2, -0.15) is 0 Å². The summed E-state index contributed by atoms with van der Waals surface area (Å²) < 4.78 is 0. The van der Waals surface area contributed by atoms with Crippen molar-refractivity contribution in [1.82, 2.24) is 5.32 Å². The maximum absolute atomic E-state index is 11.9. The molecule has 0 unspecified atom stereocenters. The third kappa shape index (κ3) is 4.44. The number of rotatable bonds is 5. The van der Waals surface area contributed by atoms with Gasteiger partial charge in [0.15, 0.2) is 0 Å². The Labute approximate surface area is 132 Å². The van der Waals surface area contributed by atoms with E-state index >= 15 is 0 Å². The van der Waals surface area contributed by atoms with Crippen molar-refractivity contribution < 1.29 is 4.79 Å². The van der Waals surface area contributed by atoms with Crippen LogP contribution in [0.5, 0.6) is 0 Å². The maximum atomic E-state index is 11.9. The number of carbonyl (C=O) groups excluding carboxylic acids is 1. The largest absolute Gasteiger partial charge is 0.351 e. The van der Waals surface area contributed by atoms with Crippen molar-refractivity contribution in [2.24, 2.45) is 0 Å². The molecule has 0 aromatic heterocycles. The quantitative estimate of drug-likeness (QED) is 0.647. The van der Waals surface area contributed by atoms with Crippen LogP contribution in [0.4, 0.5) is 0 Å². The predicted molar refractivity (Wildman–Crippen MR) is 86.0 cm³/mol. The number of benzene rings is 2. The molecule has 0 spiro atoms. The van der Waals surface area contributed by atoms with Crippen molar-refractivity contribution in [3.05, 3.63) is 64.1 Å². The molecule has 0 saturated heterocycles. The summed E-state index contributed by atoms with van der Waals surface area (Å²) in [6.45, 7) is 0.581. The summed E-state index contributed by atoms with van der Waals surface area (Å²) in [5, 5.41) is 4.04. The Morgan fingerprint density at radius 2 is 1.75 bits per heavy atom. The summed E-state index contributed by atoms with van der Waals surface area (Å²) in [5.41, 5.74) is 0.505. The predicted octanol–water partition coefficient (Wildman–Crippen LogP) is 4.52. The number of hydrogen-bond acceptors (Lipinski definition) is 2. The molecule has 0 atom stereocenters. The van der Waals surface area contributed by atoms with Crippen LogP contribution in [0.15, 0.2) is 53.4 Å². The summed E-state index contributed by atoms with van der Waals surface area (Å²) in [6.07, 6.45) is 0. The molecule has 2 rings (SSSR count). The van der Waals surface area contributed by atoms with Crippen LogP contribution in [0, 0.1) is 0 Å². The highest BCUT2D eigenvalue weighted by atomic mass is 35.5. The number of carbonyl (C=O) groups is 1. The van der Waals surface area contributed by atoms with Gasteiger partial charge in [-0.25, -0.2) is 0 Å². The van der Waals surface area contributed by atoms with Crippen LogP contribution in [0.3, 0.4) is 0 Å². The number of nitrogens with one attached hydrogen (secondary N) is 1. The minimum absolute atomic E-state index is 0.146. The molecule has 0 aliphatic rings. The molecule has 2 aromatic rings. The lowest BCUT2D eigenvalue weighted by Crippen LogP contribution is -2.25. The zero-order valence-electron chi connectivity index (χ0n) is 10.6. The third-order valence-corrected chi connectivity index (χ3v) is 4.18. The summed E-state index contributed by atoms with van der Waals surface area (Å²) in [4.78, 5) is 13.0. The van der Waals surface area contributed by atoms with Crippen LogP contribution < -0.4 is 5.32 Å². The van der Waals surface area contributed by atoms with Gasteiger partial charge >= 0.3 is 0 Å². The molecule has 1 amide bonds. The molecule has 5 heteroatoms. The fourth-order valence-corrected chi connectivity index (χ4v) is 2.72. The molecule has 0 bridgehead atoms. The Bertz CT molecular complexity index is 587. The molecule has 2 aromatic carbocycles. The van der Waals surface area contributed by atoms with E-state index in [0.29, 0.717) is 17.1 Å². The van der Waals surface area contributed by atoms with Gasteiger partial charge in [0.25, 0.3) is 5.91 Å². The second-order valence-corrected chi connectivity index (χ2v) is 6.05. The maximum Gasteiger partial charge on any atom is 0.252 e. The average Bonchev–Trinajstić information content (AvgIpc) is 2.46. The van der Waals surface area contributed by atoms with Crippen LogP contribution in [-0.4, -0.2) is 18.2 Å². The first-order valence-electron chi connectivity index (χ1n) is 6.08. The molecule has 0 aliphatic carbocycles. The van der Waals surface area contributed by atoms with E-state index in [1.54, 1.807) is 36.0 Å². The van der Waals surface area contributed by atoms with E-state index in [-0.39, 0.29) is 5.91 Å². The smallest absolute Gasteiger partial charge is 0.252 e. The molecule has 0 radical (unpaired) electrons. The van der Waals surface area contributed by atoms with Gasteiger partial charge in [-0.15, -0.1) is 11.8 Å². The highest BCUT2D eigenvalue weighted by molar-refractivity contribution is 7.99. The first kappa shape index (κ1) is 15.2. The van der Waals surface area contributed by atoms with Crippen LogP contribution in [0.25, 0.3) is 0 Å². The van der Waals surface area contributed by atoms with Crippen LogP contribution in [0.1, 0.15) is 10.4 Å². The number of hydrogen-bond donors (Lipinski definition) is 1. The standard InChI is InChI=1S/C15H13Cl2NOS/c16-11-5-7-12(8-6-11)20-10-9-18-15(19)13-3-1-2-4-14(13)17/h1-8H,9-10H2,(H,18,19). The van der Waals surface area contributed by atoms with Gasteiger partial charge in [0.1, 0.15) is 0 Å². The van der Waals surface area contributed by atoms with E-state index in [1.165, 1.54) is 0 Å². The second kappa shape index (κ2) is 7.58. The number of halogens is 2. The summed E-state index contributed by atoms with van der Waals surface area (Å²) >= 11 is 13.4. The summed E-state index contributed by atoms with van der Waals surface area (Å²) in [7, 11) is 0. The SMILES string of the molecule is O=C(NCCSc1ccc(Cl)cc1)c1ccccc1Cl. The van der Waals surface area contributed by atoms with Crippen molar-refractivity contribution in [2.75, 3.05) is 12.3 Å². The van der Waals surface area contributed by atoms with Gasteiger partial charge in [0.2, 0.25) is 0 Å². The zero-order chi connectivity index (χ0) is 14.4. The molecule has 0 fully saturated rings. The van der Waals surface area contributed by atoms with Crippen molar-refractivity contribution >= 4 is 40.9 Å². The Morgan fingerprint density at radius 3 is 2.45 bits per heavy atom. The molecular formula is C15H13Cl2NOS. The van der Waals surface area contributed by atoms with Gasteiger partial charge in [-0.1, -0.05) is 35.3 Å². The van der Waals surface area contributed by atoms with Gasteiger partial charge in [-0.3, -0.25) is 4.79 Å². The van der Waals surface area contributed by atoms with E-state index in [0.717, 1.165) is 15.7 Å². The van der Waals surface area contributed by atoms with E-state index in [4.69, 9.17) is 23.2 Å². The van der Waals surface area contributed by atoms with Crippen LogP contribution in [-0.2, 0) is 0 Å². The minimum Gasteiger partial charge on any atom is -0.351 e. The lowest BCUT2D eigenvalue weighted by molar-refractivity contribution is 0.0956. The average molecular weight is 326 g/mol. The highest BCUT2D eigenvalue weighted by Crippen LogP contribution is 2.20. The highest BCUT2D eigenvalue weighted by Gasteiger charge is 2.08. The molecule has 20 heavy (non-hydrogen) atoms. The third-order valence-electron chi connectivity index (χ3n) is 2.59. The van der Waals surface area contributed by atoms with Gasteiger partial charge < -0.3 is 5.32 Å². The van der Waals surface area contributed by atoms with Crippen molar-refractivity contribution in [2.45, 2.75) is 4.90 Å². The van der Waals surface area contributed by atoms with Crippen molar-refractivity contribution in [3.63, 3.8) is 0 Å². The van der Waals surface area contributed by atoms with E-state index in [1.807, 2.05) is 24.3 Å². The molecule has 0 aliphatic heterocycles. The Kier molecular flexibility index (Phi) is 5.77. The van der Waals surface area contributed by atoms with E-state index in [9.17, 15) is 4.79 Å². The molecular weight excluding hydrogens is 313 g/mol. The van der Waals surface area contributed by atoms with Crippen molar-refractivity contribution in [1.29, 1.82) is 0 Å². The molecule has 1 N–H and O–H groups in total. The van der Waals surface area contributed by atoms with Gasteiger partial charge in [-0.05, 0) is 36.4 Å². The lowest BCUT2D eigenvalue weighted by Gasteiger charge is -2.06. The normalized spacial score (nSPS) is 10.3. The number of thioether (sulfide) groups is 1. The Morgan fingerprint density at radius 1 is 1.05 bits per heavy atom.